The molecule has 0 saturated carbocycles. The van der Waals surface area contributed by atoms with Crippen molar-refractivity contribution in [2.24, 2.45) is 0 Å². The molecule has 150 valence electrons. The van der Waals surface area contributed by atoms with E-state index in [9.17, 15) is 9.59 Å². The Kier molecular flexibility index (Phi) is 5.55. The lowest BCUT2D eigenvalue weighted by atomic mass is 10.1. The number of fused-ring (bicyclic) bond motifs is 1. The summed E-state index contributed by atoms with van der Waals surface area (Å²) in [7, 11) is 1.59. The predicted octanol–water partition coefficient (Wildman–Crippen LogP) is 5.30. The fourth-order valence-corrected chi connectivity index (χ4v) is 3.25. The van der Waals surface area contributed by atoms with Crippen molar-refractivity contribution < 1.29 is 13.9 Å². The van der Waals surface area contributed by atoms with Gasteiger partial charge in [0, 0.05) is 22.3 Å². The van der Waals surface area contributed by atoms with E-state index in [0.717, 1.165) is 16.9 Å². The van der Waals surface area contributed by atoms with Crippen LogP contribution in [-0.4, -0.2) is 13.0 Å². The molecule has 1 aromatic heterocycles. The summed E-state index contributed by atoms with van der Waals surface area (Å²) in [6.45, 7) is 0. The van der Waals surface area contributed by atoms with Crippen LogP contribution in [0.3, 0.4) is 0 Å². The third-order valence-electron chi connectivity index (χ3n) is 4.66. The summed E-state index contributed by atoms with van der Waals surface area (Å²) in [5, 5.41) is 3.84. The van der Waals surface area contributed by atoms with Gasteiger partial charge >= 0.3 is 0 Å². The first kappa shape index (κ1) is 19.7. The van der Waals surface area contributed by atoms with Gasteiger partial charge in [-0.05, 0) is 60.2 Å². The van der Waals surface area contributed by atoms with E-state index in [4.69, 9.17) is 20.8 Å². The van der Waals surface area contributed by atoms with Crippen LogP contribution in [0.2, 0.25) is 5.02 Å². The third-order valence-corrected chi connectivity index (χ3v) is 4.92. The molecule has 0 atom stereocenters. The Balaban J connectivity index is 1.56. The Morgan fingerprint density at radius 2 is 1.73 bits per heavy atom. The van der Waals surface area contributed by atoms with Gasteiger partial charge in [0.15, 0.2) is 5.43 Å². The maximum absolute atomic E-state index is 12.6. The van der Waals surface area contributed by atoms with Gasteiger partial charge < -0.3 is 14.5 Å². The van der Waals surface area contributed by atoms with E-state index in [1.807, 2.05) is 12.1 Å². The van der Waals surface area contributed by atoms with Gasteiger partial charge in [0.2, 0.25) is 5.91 Å². The summed E-state index contributed by atoms with van der Waals surface area (Å²) in [5.74, 6) is 1.01. The standard InChI is InChI=1S/C24H18ClNO4/c1-29-19-9-4-16(5-10-19)23-14-21(27)20-13-18(8-11-22(20)30-23)26-24(28)12-15-2-6-17(25)7-3-15/h2-11,13-14H,12H2,1H3,(H,26,28). The minimum absolute atomic E-state index is 0.184. The molecule has 0 aliphatic heterocycles. The Hall–Kier alpha value is -3.57. The molecule has 1 heterocycles. The van der Waals surface area contributed by atoms with Crippen molar-refractivity contribution in [2.45, 2.75) is 6.42 Å². The lowest BCUT2D eigenvalue weighted by molar-refractivity contribution is -0.115. The van der Waals surface area contributed by atoms with Crippen LogP contribution in [-0.2, 0) is 11.2 Å². The quantitative estimate of drug-likeness (QED) is 0.476. The summed E-state index contributed by atoms with van der Waals surface area (Å²) >= 11 is 5.87. The van der Waals surface area contributed by atoms with Crippen molar-refractivity contribution in [3.05, 3.63) is 93.6 Å². The number of carbonyl (C=O) groups is 1. The van der Waals surface area contributed by atoms with Crippen molar-refractivity contribution in [2.75, 3.05) is 12.4 Å². The number of anilines is 1. The molecule has 0 bridgehead atoms. The average molecular weight is 420 g/mol. The lowest BCUT2D eigenvalue weighted by Crippen LogP contribution is -2.14. The number of ether oxygens (including phenoxy) is 1. The molecule has 3 aromatic carbocycles. The SMILES string of the molecule is COc1ccc(-c2cc(=O)c3cc(NC(=O)Cc4ccc(Cl)cc4)ccc3o2)cc1. The second kappa shape index (κ2) is 8.43. The number of benzene rings is 3. The summed E-state index contributed by atoms with van der Waals surface area (Å²) in [4.78, 5) is 25.0. The Morgan fingerprint density at radius 1 is 1.00 bits per heavy atom. The highest BCUT2D eigenvalue weighted by molar-refractivity contribution is 6.30. The van der Waals surface area contributed by atoms with Crippen LogP contribution in [0.15, 0.2) is 82.0 Å². The van der Waals surface area contributed by atoms with Crippen LogP contribution in [0.25, 0.3) is 22.3 Å². The molecule has 0 unspecified atom stereocenters. The summed E-state index contributed by atoms with van der Waals surface area (Å²) in [5.41, 5.74) is 2.42. The van der Waals surface area contributed by atoms with E-state index < -0.39 is 0 Å². The molecule has 0 saturated heterocycles. The van der Waals surface area contributed by atoms with Gasteiger partial charge in [0.1, 0.15) is 17.1 Å². The van der Waals surface area contributed by atoms with Gasteiger partial charge in [-0.3, -0.25) is 9.59 Å². The van der Waals surface area contributed by atoms with Gasteiger partial charge in [-0.25, -0.2) is 0 Å². The van der Waals surface area contributed by atoms with Crippen molar-refractivity contribution in [3.63, 3.8) is 0 Å². The van der Waals surface area contributed by atoms with Gasteiger partial charge in [0.05, 0.1) is 18.9 Å². The number of hydrogen-bond acceptors (Lipinski definition) is 4. The number of methoxy groups -OCH3 is 1. The largest absolute Gasteiger partial charge is 0.497 e. The normalized spacial score (nSPS) is 10.7. The topological polar surface area (TPSA) is 68.5 Å². The number of hydrogen-bond donors (Lipinski definition) is 1. The highest BCUT2D eigenvalue weighted by Gasteiger charge is 2.10. The molecule has 4 rings (SSSR count). The monoisotopic (exact) mass is 419 g/mol. The van der Waals surface area contributed by atoms with Crippen LogP contribution in [0, 0.1) is 0 Å². The van der Waals surface area contributed by atoms with Gasteiger partial charge in [-0.2, -0.15) is 0 Å². The highest BCUT2D eigenvalue weighted by Crippen LogP contribution is 2.25. The molecule has 0 aliphatic rings. The van der Waals surface area contributed by atoms with Crippen molar-refractivity contribution in [1.29, 1.82) is 0 Å². The molecule has 0 spiro atoms. The first-order valence-electron chi connectivity index (χ1n) is 9.28. The molecule has 0 aliphatic carbocycles. The first-order valence-corrected chi connectivity index (χ1v) is 9.66. The molecule has 1 N–H and O–H groups in total. The van der Waals surface area contributed by atoms with Crippen LogP contribution in [0.4, 0.5) is 5.69 Å². The summed E-state index contributed by atoms with van der Waals surface area (Å²) in [6.07, 6.45) is 0.209. The highest BCUT2D eigenvalue weighted by atomic mass is 35.5. The van der Waals surface area contributed by atoms with Crippen molar-refractivity contribution >= 4 is 34.2 Å². The van der Waals surface area contributed by atoms with E-state index >= 15 is 0 Å². The zero-order valence-corrected chi connectivity index (χ0v) is 16.9. The molecule has 30 heavy (non-hydrogen) atoms. The van der Waals surface area contributed by atoms with E-state index in [1.165, 1.54) is 6.07 Å². The molecule has 5 nitrogen and oxygen atoms in total. The van der Waals surface area contributed by atoms with Crippen LogP contribution in [0.5, 0.6) is 5.75 Å². The van der Waals surface area contributed by atoms with E-state index in [1.54, 1.807) is 61.7 Å². The molecule has 4 aromatic rings. The minimum atomic E-state index is -0.184. The van der Waals surface area contributed by atoms with Gasteiger partial charge in [-0.1, -0.05) is 23.7 Å². The maximum Gasteiger partial charge on any atom is 0.228 e. The Morgan fingerprint density at radius 3 is 2.43 bits per heavy atom. The Bertz CT molecular complexity index is 1260. The van der Waals surface area contributed by atoms with Crippen LogP contribution >= 0.6 is 11.6 Å². The zero-order chi connectivity index (χ0) is 21.1. The average Bonchev–Trinajstić information content (AvgIpc) is 2.75. The lowest BCUT2D eigenvalue weighted by Gasteiger charge is -2.08. The zero-order valence-electron chi connectivity index (χ0n) is 16.1. The first-order chi connectivity index (χ1) is 14.5. The molecular formula is C24H18ClNO4. The fraction of sp³-hybridized carbons (Fsp3) is 0.0833. The predicted molar refractivity (Wildman–Crippen MR) is 118 cm³/mol. The third kappa shape index (κ3) is 4.36. The van der Waals surface area contributed by atoms with Gasteiger partial charge in [0.25, 0.3) is 0 Å². The van der Waals surface area contributed by atoms with Crippen LogP contribution < -0.4 is 15.5 Å². The van der Waals surface area contributed by atoms with Crippen LogP contribution in [0.1, 0.15) is 5.56 Å². The van der Waals surface area contributed by atoms with Gasteiger partial charge in [-0.15, -0.1) is 0 Å². The Labute approximate surface area is 177 Å². The number of rotatable bonds is 5. The summed E-state index contributed by atoms with van der Waals surface area (Å²) < 4.78 is 11.1. The minimum Gasteiger partial charge on any atom is -0.497 e. The fourth-order valence-electron chi connectivity index (χ4n) is 3.12. The number of nitrogens with one attached hydrogen (secondary N) is 1. The van der Waals surface area contributed by atoms with E-state index in [2.05, 4.69) is 5.32 Å². The number of amides is 1. The number of halogens is 1. The second-order valence-corrected chi connectivity index (χ2v) is 7.20. The molecule has 0 radical (unpaired) electrons. The molecule has 0 fully saturated rings. The summed E-state index contributed by atoms with van der Waals surface area (Å²) in [6, 6.07) is 20.8. The van der Waals surface area contributed by atoms with Crippen molar-refractivity contribution in [1.82, 2.24) is 0 Å². The van der Waals surface area contributed by atoms with E-state index in [-0.39, 0.29) is 17.8 Å². The van der Waals surface area contributed by atoms with E-state index in [0.29, 0.717) is 27.4 Å². The number of carbonyl (C=O) groups excluding carboxylic acids is 1. The molecular weight excluding hydrogens is 402 g/mol. The molecule has 6 heteroatoms. The maximum atomic E-state index is 12.6. The molecule has 1 amide bonds. The van der Waals surface area contributed by atoms with Crippen molar-refractivity contribution in [3.8, 4) is 17.1 Å². The second-order valence-electron chi connectivity index (χ2n) is 6.77. The smallest absolute Gasteiger partial charge is 0.228 e.